The Kier molecular flexibility index (Phi) is 5.24. The minimum absolute atomic E-state index is 0.209. The molecule has 0 aliphatic rings. The van der Waals surface area contributed by atoms with E-state index in [-0.39, 0.29) is 17.2 Å². The molecule has 1 radical (unpaired) electrons. The van der Waals surface area contributed by atoms with Crippen LogP contribution in [-0.2, 0) is 5.67 Å². The highest BCUT2D eigenvalue weighted by molar-refractivity contribution is 5.73. The van der Waals surface area contributed by atoms with Crippen molar-refractivity contribution in [2.75, 3.05) is 0 Å². The second-order valence-corrected chi connectivity index (χ2v) is 6.10. The number of aryl methyl sites for hydroxylation is 2. The molecular formula is C18H11F10. The fourth-order valence-electron chi connectivity index (χ4n) is 2.87. The minimum Gasteiger partial charge on any atom is -0.221 e. The normalized spacial score (nSPS) is 15.4. The molecule has 0 saturated carbocycles. The maximum Gasteiger partial charge on any atom is 0.457 e. The Balaban J connectivity index is 3.01. The van der Waals surface area contributed by atoms with Crippen LogP contribution in [0.3, 0.4) is 0 Å². The zero-order valence-electron chi connectivity index (χ0n) is 14.2. The van der Waals surface area contributed by atoms with Crippen molar-refractivity contribution < 1.29 is 43.9 Å². The van der Waals surface area contributed by atoms with Gasteiger partial charge in [0.25, 0.3) is 0 Å². The number of hydrogen-bond donors (Lipinski definition) is 0. The predicted molar refractivity (Wildman–Crippen MR) is 80.0 cm³/mol. The molecule has 0 bridgehead atoms. The van der Waals surface area contributed by atoms with Gasteiger partial charge in [0.05, 0.1) is 0 Å². The third kappa shape index (κ3) is 3.33. The Morgan fingerprint density at radius 2 is 1.36 bits per heavy atom. The highest BCUT2D eigenvalue weighted by atomic mass is 19.4. The molecule has 2 aromatic rings. The highest BCUT2D eigenvalue weighted by Crippen LogP contribution is 2.60. The molecule has 153 valence electrons. The summed E-state index contributed by atoms with van der Waals surface area (Å²) in [5.41, 5.74) is -10.2. The zero-order chi connectivity index (χ0) is 21.7. The second kappa shape index (κ2) is 6.66. The molecule has 0 N–H and O–H groups in total. The first-order chi connectivity index (χ1) is 12.5. The topological polar surface area (TPSA) is 0 Å². The van der Waals surface area contributed by atoms with Gasteiger partial charge in [0.2, 0.25) is 0 Å². The zero-order valence-corrected chi connectivity index (χ0v) is 14.2. The average molecular weight is 417 g/mol. The fourth-order valence-corrected chi connectivity index (χ4v) is 2.87. The van der Waals surface area contributed by atoms with E-state index in [1.165, 1.54) is 0 Å². The van der Waals surface area contributed by atoms with Crippen LogP contribution in [0.1, 0.15) is 16.7 Å². The summed E-state index contributed by atoms with van der Waals surface area (Å²) in [6, 6.07) is 6.05. The largest absolute Gasteiger partial charge is 0.457 e. The van der Waals surface area contributed by atoms with E-state index in [0.29, 0.717) is 6.07 Å². The molecular weight excluding hydrogens is 406 g/mol. The van der Waals surface area contributed by atoms with Crippen molar-refractivity contribution in [2.24, 2.45) is 0 Å². The van der Waals surface area contributed by atoms with Crippen molar-refractivity contribution >= 4 is 0 Å². The molecule has 0 heterocycles. The number of halogens is 10. The van der Waals surface area contributed by atoms with Crippen molar-refractivity contribution in [1.82, 2.24) is 0 Å². The molecule has 0 aliphatic heterocycles. The molecule has 0 aromatic heterocycles. The van der Waals surface area contributed by atoms with Crippen LogP contribution in [0.4, 0.5) is 43.9 Å². The molecule has 0 fully saturated rings. The Hall–Kier alpha value is -2.26. The van der Waals surface area contributed by atoms with Gasteiger partial charge in [-0.3, -0.25) is 0 Å². The van der Waals surface area contributed by atoms with E-state index in [1.807, 2.05) is 0 Å². The van der Waals surface area contributed by atoms with Gasteiger partial charge in [0.15, 0.2) is 0 Å². The van der Waals surface area contributed by atoms with Gasteiger partial charge in [-0.1, -0.05) is 18.2 Å². The number of benzene rings is 2. The van der Waals surface area contributed by atoms with Gasteiger partial charge < -0.3 is 0 Å². The molecule has 0 amide bonds. The Morgan fingerprint density at radius 1 is 0.786 bits per heavy atom. The van der Waals surface area contributed by atoms with E-state index in [4.69, 9.17) is 0 Å². The van der Waals surface area contributed by atoms with E-state index < -0.39 is 46.5 Å². The van der Waals surface area contributed by atoms with Gasteiger partial charge in [-0.05, 0) is 54.3 Å². The highest BCUT2D eigenvalue weighted by Gasteiger charge is 2.82. The van der Waals surface area contributed by atoms with Crippen molar-refractivity contribution in [3.8, 4) is 11.1 Å². The molecule has 0 saturated heterocycles. The molecule has 10 heteroatoms. The molecule has 0 aliphatic carbocycles. The standard InChI is InChI=1S/C18H11F10/c1-9-6-10(2)14(11-4-3-5-12(19)8-11)13(7-9)15(20,17(23,24)25)16(21,22)18(26,27)28/h3-5,7-8H,1-2H3. The molecule has 1 unspecified atom stereocenters. The first kappa shape index (κ1) is 22.0. The summed E-state index contributed by atoms with van der Waals surface area (Å²) in [4.78, 5) is 0. The van der Waals surface area contributed by atoms with Gasteiger partial charge >= 0.3 is 23.9 Å². The van der Waals surface area contributed by atoms with Crippen molar-refractivity contribution in [3.05, 3.63) is 58.9 Å². The van der Waals surface area contributed by atoms with E-state index in [9.17, 15) is 39.5 Å². The monoisotopic (exact) mass is 417 g/mol. The van der Waals surface area contributed by atoms with Crippen LogP contribution in [0, 0.1) is 25.7 Å². The quantitative estimate of drug-likeness (QED) is 0.480. The predicted octanol–water partition coefficient (Wildman–Crippen LogP) is 6.83. The lowest BCUT2D eigenvalue weighted by Gasteiger charge is -2.37. The second-order valence-electron chi connectivity index (χ2n) is 6.10. The lowest BCUT2D eigenvalue weighted by molar-refractivity contribution is -0.389. The van der Waals surface area contributed by atoms with Gasteiger partial charge in [-0.2, -0.15) is 35.1 Å². The minimum atomic E-state index is -6.85. The Morgan fingerprint density at radius 3 is 1.82 bits per heavy atom. The summed E-state index contributed by atoms with van der Waals surface area (Å²) in [5, 5.41) is 0. The van der Waals surface area contributed by atoms with Crippen molar-refractivity contribution in [1.29, 1.82) is 0 Å². The van der Waals surface area contributed by atoms with Crippen LogP contribution < -0.4 is 0 Å². The van der Waals surface area contributed by atoms with Crippen LogP contribution in [0.25, 0.3) is 11.1 Å². The van der Waals surface area contributed by atoms with Crippen LogP contribution >= 0.6 is 0 Å². The fraction of sp³-hybridized carbons (Fsp3) is 0.333. The van der Waals surface area contributed by atoms with E-state index in [1.54, 1.807) is 0 Å². The summed E-state index contributed by atoms with van der Waals surface area (Å²) in [7, 11) is 0. The number of alkyl halides is 9. The molecule has 0 nitrogen and oxygen atoms in total. The maximum atomic E-state index is 15.0. The molecule has 2 aromatic carbocycles. The molecule has 28 heavy (non-hydrogen) atoms. The van der Waals surface area contributed by atoms with E-state index >= 15 is 4.39 Å². The van der Waals surface area contributed by atoms with Crippen LogP contribution in [0.2, 0.25) is 0 Å². The first-order valence-corrected chi connectivity index (χ1v) is 7.54. The first-order valence-electron chi connectivity index (χ1n) is 7.54. The smallest absolute Gasteiger partial charge is 0.221 e. The van der Waals surface area contributed by atoms with Gasteiger partial charge in [0.1, 0.15) is 5.82 Å². The lowest BCUT2D eigenvalue weighted by atomic mass is 9.80. The van der Waals surface area contributed by atoms with Crippen molar-refractivity contribution in [3.63, 3.8) is 0 Å². The number of hydrogen-bond acceptors (Lipinski definition) is 0. The lowest BCUT2D eigenvalue weighted by Crippen LogP contribution is -2.60. The summed E-state index contributed by atoms with van der Waals surface area (Å²) >= 11 is 0. The maximum absolute atomic E-state index is 15.0. The summed E-state index contributed by atoms with van der Waals surface area (Å²) < 4.78 is 135. The summed E-state index contributed by atoms with van der Waals surface area (Å²) in [6.07, 6.45) is -13.5. The van der Waals surface area contributed by atoms with Gasteiger partial charge in [-0.25, -0.2) is 8.78 Å². The summed E-state index contributed by atoms with van der Waals surface area (Å²) in [6.45, 7) is 2.09. The Labute approximate surface area is 152 Å². The van der Waals surface area contributed by atoms with Gasteiger partial charge in [-0.15, -0.1) is 0 Å². The van der Waals surface area contributed by atoms with Crippen molar-refractivity contribution in [2.45, 2.75) is 37.8 Å². The van der Waals surface area contributed by atoms with Gasteiger partial charge in [0, 0.05) is 5.56 Å². The van der Waals surface area contributed by atoms with E-state index in [0.717, 1.165) is 32.0 Å². The molecule has 2 rings (SSSR count). The Bertz CT molecular complexity index is 879. The SMILES string of the molecule is Cc1[c]c(C)c(-c2cccc(F)c2)c(C(F)(C(F)(F)F)C(F)(F)C(F)(F)F)c1. The van der Waals surface area contributed by atoms with E-state index in [2.05, 4.69) is 6.07 Å². The van der Waals surface area contributed by atoms with Crippen LogP contribution in [-0.4, -0.2) is 18.3 Å². The molecule has 0 spiro atoms. The van der Waals surface area contributed by atoms with Crippen LogP contribution in [0.5, 0.6) is 0 Å². The van der Waals surface area contributed by atoms with Crippen LogP contribution in [0.15, 0.2) is 30.3 Å². The third-order valence-corrected chi connectivity index (χ3v) is 4.05. The summed E-state index contributed by atoms with van der Waals surface area (Å²) in [5.74, 6) is -7.83. The average Bonchev–Trinajstić information content (AvgIpc) is 2.50. The molecule has 1 atom stereocenters. The number of rotatable bonds is 3. The third-order valence-electron chi connectivity index (χ3n) is 4.05.